The van der Waals surface area contributed by atoms with Crippen LogP contribution in [0.25, 0.3) is 0 Å². The van der Waals surface area contributed by atoms with Gasteiger partial charge in [-0.05, 0) is 39.5 Å². The van der Waals surface area contributed by atoms with Gasteiger partial charge in [-0.15, -0.1) is 0 Å². The van der Waals surface area contributed by atoms with E-state index < -0.39 is 0 Å². The van der Waals surface area contributed by atoms with Crippen molar-refractivity contribution in [3.8, 4) is 0 Å². The molecule has 0 unspecified atom stereocenters. The second-order valence-electron chi connectivity index (χ2n) is 5.47. The molecule has 2 N–H and O–H groups in total. The van der Waals surface area contributed by atoms with Crippen LogP contribution in [0, 0.1) is 0 Å². The molecule has 0 aromatic heterocycles. The third-order valence-electron chi connectivity index (χ3n) is 3.81. The van der Waals surface area contributed by atoms with Gasteiger partial charge in [-0.1, -0.05) is 0 Å². The fourth-order valence-electron chi connectivity index (χ4n) is 2.75. The first-order valence-corrected chi connectivity index (χ1v) is 6.21. The molecule has 0 aromatic rings. The molecule has 2 aliphatic heterocycles. The Hall–Kier alpha value is -0.610. The lowest BCUT2D eigenvalue weighted by atomic mass is 10.0. The zero-order valence-electron chi connectivity index (χ0n) is 10.2. The van der Waals surface area contributed by atoms with Gasteiger partial charge in [0.2, 0.25) is 0 Å². The van der Waals surface area contributed by atoms with Crippen LogP contribution in [0.3, 0.4) is 0 Å². The Morgan fingerprint density at radius 2 is 2.25 bits per heavy atom. The second kappa shape index (κ2) is 4.34. The number of amides is 1. The summed E-state index contributed by atoms with van der Waals surface area (Å²) in [6.45, 7) is 5.66. The Morgan fingerprint density at radius 1 is 1.50 bits per heavy atom. The molecule has 2 atom stereocenters. The Labute approximate surface area is 97.1 Å². The summed E-state index contributed by atoms with van der Waals surface area (Å²) < 4.78 is 5.66. The third kappa shape index (κ3) is 2.09. The number of hydrogen-bond acceptors (Lipinski definition) is 3. The molecule has 0 bridgehead atoms. The maximum atomic E-state index is 12.3. The first kappa shape index (κ1) is 11.9. The molecule has 2 aliphatic rings. The van der Waals surface area contributed by atoms with E-state index >= 15 is 0 Å². The van der Waals surface area contributed by atoms with E-state index in [1.54, 1.807) is 0 Å². The minimum Gasteiger partial charge on any atom is -0.364 e. The Balaban J connectivity index is 1.98. The van der Waals surface area contributed by atoms with Crippen molar-refractivity contribution >= 4 is 5.91 Å². The van der Waals surface area contributed by atoms with Gasteiger partial charge >= 0.3 is 0 Å². The Kier molecular flexibility index (Phi) is 3.22. The molecular formula is C12H22N2O2. The fraction of sp³-hybridized carbons (Fsp3) is 0.917. The van der Waals surface area contributed by atoms with E-state index in [0.717, 1.165) is 32.2 Å². The van der Waals surface area contributed by atoms with Gasteiger partial charge in [-0.25, -0.2) is 0 Å². The number of carbonyl (C=O) groups is 1. The van der Waals surface area contributed by atoms with Gasteiger partial charge in [-0.3, -0.25) is 4.79 Å². The zero-order valence-corrected chi connectivity index (χ0v) is 10.2. The number of carbonyl (C=O) groups excluding carboxylic acids is 1. The lowest BCUT2D eigenvalue weighted by Crippen LogP contribution is -2.47. The molecule has 16 heavy (non-hydrogen) atoms. The predicted octanol–water partition coefficient (Wildman–Crippen LogP) is 0.894. The summed E-state index contributed by atoms with van der Waals surface area (Å²) in [6, 6.07) is 0. The second-order valence-corrected chi connectivity index (χ2v) is 5.47. The number of likely N-dealkylation sites (tertiary alicyclic amines) is 1. The summed E-state index contributed by atoms with van der Waals surface area (Å²) >= 11 is 0. The highest BCUT2D eigenvalue weighted by Crippen LogP contribution is 2.31. The molecule has 0 spiro atoms. The van der Waals surface area contributed by atoms with Crippen molar-refractivity contribution in [2.24, 2.45) is 5.73 Å². The van der Waals surface area contributed by atoms with Gasteiger partial charge in [0.15, 0.2) is 0 Å². The van der Waals surface area contributed by atoms with Gasteiger partial charge in [0.1, 0.15) is 6.10 Å². The van der Waals surface area contributed by atoms with E-state index in [2.05, 4.69) is 13.8 Å². The topological polar surface area (TPSA) is 55.6 Å². The van der Waals surface area contributed by atoms with Crippen LogP contribution in [0.4, 0.5) is 0 Å². The van der Waals surface area contributed by atoms with Crippen LogP contribution in [0.2, 0.25) is 0 Å². The molecule has 2 heterocycles. The van der Waals surface area contributed by atoms with Crippen molar-refractivity contribution in [1.29, 1.82) is 0 Å². The van der Waals surface area contributed by atoms with E-state index in [1.165, 1.54) is 0 Å². The molecule has 0 radical (unpaired) electrons. The Morgan fingerprint density at radius 3 is 2.75 bits per heavy atom. The minimum absolute atomic E-state index is 0.00123. The van der Waals surface area contributed by atoms with Crippen molar-refractivity contribution in [3.63, 3.8) is 0 Å². The average Bonchev–Trinajstić information content (AvgIpc) is 2.82. The molecular weight excluding hydrogens is 204 g/mol. The quantitative estimate of drug-likeness (QED) is 0.761. The van der Waals surface area contributed by atoms with Gasteiger partial charge in [0.05, 0.1) is 6.10 Å². The summed E-state index contributed by atoms with van der Waals surface area (Å²) in [5.41, 5.74) is 5.55. The molecule has 4 heteroatoms. The maximum absolute atomic E-state index is 12.3. The highest BCUT2D eigenvalue weighted by atomic mass is 16.5. The monoisotopic (exact) mass is 226 g/mol. The van der Waals surface area contributed by atoms with Crippen molar-refractivity contribution in [3.05, 3.63) is 0 Å². The van der Waals surface area contributed by atoms with Crippen LogP contribution in [0.5, 0.6) is 0 Å². The van der Waals surface area contributed by atoms with Gasteiger partial charge in [0.25, 0.3) is 5.91 Å². The summed E-state index contributed by atoms with van der Waals surface area (Å²) in [5, 5.41) is 0. The Bertz CT molecular complexity index is 278. The van der Waals surface area contributed by atoms with Gasteiger partial charge < -0.3 is 15.4 Å². The lowest BCUT2D eigenvalue weighted by molar-refractivity contribution is -0.146. The first-order chi connectivity index (χ1) is 7.54. The fourth-order valence-corrected chi connectivity index (χ4v) is 2.75. The van der Waals surface area contributed by atoms with Crippen LogP contribution in [0.15, 0.2) is 0 Å². The zero-order chi connectivity index (χ0) is 11.8. The van der Waals surface area contributed by atoms with E-state index in [1.807, 2.05) is 4.90 Å². The molecule has 0 saturated carbocycles. The SMILES string of the molecule is CC1(C)CCCN1C(=O)[C@@H]1CC[C@H](CN)O1. The number of hydrogen-bond donors (Lipinski definition) is 1. The molecule has 1 amide bonds. The summed E-state index contributed by atoms with van der Waals surface area (Å²) in [5.74, 6) is 0.165. The first-order valence-electron chi connectivity index (χ1n) is 6.21. The molecule has 2 saturated heterocycles. The number of nitrogens with zero attached hydrogens (tertiary/aromatic N) is 1. The average molecular weight is 226 g/mol. The van der Waals surface area contributed by atoms with Gasteiger partial charge in [-0.2, -0.15) is 0 Å². The van der Waals surface area contributed by atoms with Crippen molar-refractivity contribution in [1.82, 2.24) is 4.90 Å². The molecule has 92 valence electrons. The third-order valence-corrected chi connectivity index (χ3v) is 3.81. The van der Waals surface area contributed by atoms with E-state index in [-0.39, 0.29) is 23.7 Å². The van der Waals surface area contributed by atoms with Crippen LogP contribution >= 0.6 is 0 Å². The highest BCUT2D eigenvalue weighted by molar-refractivity contribution is 5.82. The lowest BCUT2D eigenvalue weighted by Gasteiger charge is -2.33. The van der Waals surface area contributed by atoms with Crippen LogP contribution in [-0.2, 0) is 9.53 Å². The normalized spacial score (nSPS) is 33.3. The van der Waals surface area contributed by atoms with E-state index in [4.69, 9.17) is 10.5 Å². The largest absolute Gasteiger partial charge is 0.364 e. The highest BCUT2D eigenvalue weighted by Gasteiger charge is 2.40. The van der Waals surface area contributed by atoms with Gasteiger partial charge in [0, 0.05) is 18.6 Å². The van der Waals surface area contributed by atoms with Crippen LogP contribution < -0.4 is 5.73 Å². The smallest absolute Gasteiger partial charge is 0.252 e. The molecule has 0 aliphatic carbocycles. The number of ether oxygens (including phenoxy) is 1. The molecule has 2 rings (SSSR count). The van der Waals surface area contributed by atoms with Crippen LogP contribution in [-0.4, -0.2) is 41.6 Å². The predicted molar refractivity (Wildman–Crippen MR) is 62.0 cm³/mol. The summed E-state index contributed by atoms with van der Waals surface area (Å²) in [6.07, 6.45) is 3.78. The molecule has 2 fully saturated rings. The molecule has 4 nitrogen and oxygen atoms in total. The van der Waals surface area contributed by atoms with E-state index in [0.29, 0.717) is 6.54 Å². The molecule has 0 aromatic carbocycles. The van der Waals surface area contributed by atoms with Crippen molar-refractivity contribution in [2.45, 2.75) is 57.3 Å². The maximum Gasteiger partial charge on any atom is 0.252 e. The number of nitrogens with two attached hydrogens (primary N) is 1. The van der Waals surface area contributed by atoms with Crippen molar-refractivity contribution < 1.29 is 9.53 Å². The summed E-state index contributed by atoms with van der Waals surface area (Å²) in [4.78, 5) is 14.3. The van der Waals surface area contributed by atoms with E-state index in [9.17, 15) is 4.79 Å². The number of rotatable bonds is 2. The standard InChI is InChI=1S/C12H22N2O2/c1-12(2)6-3-7-14(12)11(15)10-5-4-9(8-13)16-10/h9-10H,3-8,13H2,1-2H3/t9-,10+/m1/s1. The van der Waals surface area contributed by atoms with Crippen molar-refractivity contribution in [2.75, 3.05) is 13.1 Å². The van der Waals surface area contributed by atoms with Crippen LogP contribution in [0.1, 0.15) is 39.5 Å². The summed E-state index contributed by atoms with van der Waals surface area (Å²) in [7, 11) is 0. The minimum atomic E-state index is -0.245.